The Morgan fingerprint density at radius 3 is 2.26 bits per heavy atom. The normalized spacial score (nSPS) is 25.1. The summed E-state index contributed by atoms with van der Waals surface area (Å²) in [6.45, 7) is 1.83. The van der Waals surface area contributed by atoms with Gasteiger partial charge >= 0.3 is 18.1 Å². The molecular weight excluding hydrogens is 441 g/mol. The van der Waals surface area contributed by atoms with E-state index in [0.29, 0.717) is 39.0 Å². The van der Waals surface area contributed by atoms with Crippen molar-refractivity contribution in [3.05, 3.63) is 35.9 Å². The number of benzene rings is 1. The van der Waals surface area contributed by atoms with Crippen LogP contribution in [0.1, 0.15) is 18.4 Å². The zero-order valence-corrected chi connectivity index (χ0v) is 17.7. The summed E-state index contributed by atoms with van der Waals surface area (Å²) in [5, 5.41) is 16.9. The first kappa shape index (κ1) is 25.1. The minimum absolute atomic E-state index is 0.0313. The van der Waals surface area contributed by atoms with E-state index in [2.05, 4.69) is 0 Å². The number of hydrogen-bond acceptors (Lipinski definition) is 5. The quantitative estimate of drug-likeness (QED) is 0.696. The standard InChI is InChI=1S/C17H24N2O4S.C2HF3O2/c1-18-10-15-11-19(9-5-8-17(15,13-18)16(20)21)24(22,23)12-14-6-3-2-4-7-14;3-2(4,5)1(6)7/h2-4,6-7,15H,5,8-13H2,1H3,(H,20,21);(H,6,7)/t15-,17+;/m1./s1. The summed E-state index contributed by atoms with van der Waals surface area (Å²) < 4.78 is 58.9. The number of hydrogen-bond donors (Lipinski definition) is 2. The zero-order valence-electron chi connectivity index (χ0n) is 16.9. The predicted molar refractivity (Wildman–Crippen MR) is 105 cm³/mol. The van der Waals surface area contributed by atoms with E-state index in [-0.39, 0.29) is 11.7 Å². The van der Waals surface area contributed by atoms with Crippen LogP contribution in [0.25, 0.3) is 0 Å². The van der Waals surface area contributed by atoms with Crippen molar-refractivity contribution in [2.45, 2.75) is 24.8 Å². The molecule has 0 aliphatic carbocycles. The minimum Gasteiger partial charge on any atom is -0.481 e. The summed E-state index contributed by atoms with van der Waals surface area (Å²) >= 11 is 0. The van der Waals surface area contributed by atoms with Gasteiger partial charge in [0.25, 0.3) is 0 Å². The summed E-state index contributed by atoms with van der Waals surface area (Å²) in [6.07, 6.45) is -3.96. The van der Waals surface area contributed by atoms with Crippen LogP contribution in [0.2, 0.25) is 0 Å². The van der Waals surface area contributed by atoms with Gasteiger partial charge in [0.2, 0.25) is 10.0 Å². The van der Waals surface area contributed by atoms with Crippen LogP contribution in [0.4, 0.5) is 13.2 Å². The van der Waals surface area contributed by atoms with E-state index in [9.17, 15) is 31.5 Å². The van der Waals surface area contributed by atoms with Crippen LogP contribution < -0.4 is 0 Å². The Morgan fingerprint density at radius 2 is 1.74 bits per heavy atom. The van der Waals surface area contributed by atoms with Crippen molar-refractivity contribution in [2.75, 3.05) is 33.2 Å². The van der Waals surface area contributed by atoms with Crippen molar-refractivity contribution in [2.24, 2.45) is 11.3 Å². The molecule has 31 heavy (non-hydrogen) atoms. The molecule has 2 saturated heterocycles. The van der Waals surface area contributed by atoms with Crippen LogP contribution in [0, 0.1) is 11.3 Å². The smallest absolute Gasteiger partial charge is 0.481 e. The molecule has 3 rings (SSSR count). The Kier molecular flexibility index (Phi) is 7.71. The van der Waals surface area contributed by atoms with E-state index >= 15 is 0 Å². The van der Waals surface area contributed by atoms with Crippen molar-refractivity contribution >= 4 is 22.0 Å². The minimum atomic E-state index is -5.08. The van der Waals surface area contributed by atoms with Gasteiger partial charge in [0, 0.05) is 32.1 Å². The summed E-state index contributed by atoms with van der Waals surface area (Å²) in [5.41, 5.74) is -0.0547. The first-order valence-electron chi connectivity index (χ1n) is 9.52. The van der Waals surface area contributed by atoms with Gasteiger partial charge < -0.3 is 15.1 Å². The SMILES string of the molecule is CN1C[C@@H]2CN(S(=O)(=O)Cc3ccccc3)CCC[C@]2(C(=O)O)C1.O=C(O)C(F)(F)F. The third kappa shape index (κ3) is 6.17. The fourth-order valence-electron chi connectivity index (χ4n) is 4.13. The Morgan fingerprint density at radius 1 is 1.16 bits per heavy atom. The predicted octanol–water partition coefficient (Wildman–Crippen LogP) is 1.88. The maximum atomic E-state index is 12.8. The molecule has 12 heteroatoms. The number of carbonyl (C=O) groups is 2. The van der Waals surface area contributed by atoms with Gasteiger partial charge in [-0.15, -0.1) is 0 Å². The largest absolute Gasteiger partial charge is 0.490 e. The van der Waals surface area contributed by atoms with Gasteiger partial charge in [-0.05, 0) is 25.5 Å². The van der Waals surface area contributed by atoms with Gasteiger partial charge in [-0.25, -0.2) is 17.5 Å². The van der Waals surface area contributed by atoms with E-state index in [1.165, 1.54) is 4.31 Å². The fraction of sp³-hybridized carbons (Fsp3) is 0.579. The molecule has 174 valence electrons. The van der Waals surface area contributed by atoms with Crippen LogP contribution >= 0.6 is 0 Å². The highest BCUT2D eigenvalue weighted by atomic mass is 32.2. The monoisotopic (exact) mass is 466 g/mol. The van der Waals surface area contributed by atoms with Gasteiger partial charge in [-0.2, -0.15) is 13.2 Å². The van der Waals surface area contributed by atoms with E-state index in [4.69, 9.17) is 9.90 Å². The molecule has 0 saturated carbocycles. The molecular formula is C19H25F3N2O6S. The maximum Gasteiger partial charge on any atom is 0.490 e. The number of halogens is 3. The Bertz CT molecular complexity index is 894. The van der Waals surface area contributed by atoms with Gasteiger partial charge in [0.05, 0.1) is 11.2 Å². The lowest BCUT2D eigenvalue weighted by molar-refractivity contribution is -0.192. The highest BCUT2D eigenvalue weighted by Crippen LogP contribution is 2.43. The maximum absolute atomic E-state index is 12.8. The topological polar surface area (TPSA) is 115 Å². The fourth-order valence-corrected chi connectivity index (χ4v) is 5.74. The Hall–Kier alpha value is -2.18. The molecule has 0 unspecified atom stereocenters. The van der Waals surface area contributed by atoms with Crippen molar-refractivity contribution in [3.8, 4) is 0 Å². The lowest BCUT2D eigenvalue weighted by Gasteiger charge is -2.29. The molecule has 2 heterocycles. The average Bonchev–Trinajstić information content (AvgIpc) is 2.85. The Balaban J connectivity index is 0.000000423. The Labute approximate surface area is 178 Å². The number of sulfonamides is 1. The first-order chi connectivity index (χ1) is 14.3. The number of alkyl halides is 3. The van der Waals surface area contributed by atoms with Crippen molar-refractivity contribution < 1.29 is 41.4 Å². The lowest BCUT2D eigenvalue weighted by Crippen LogP contribution is -2.42. The van der Waals surface area contributed by atoms with E-state index in [1.54, 1.807) is 12.1 Å². The molecule has 2 N–H and O–H groups in total. The van der Waals surface area contributed by atoms with Crippen molar-refractivity contribution in [1.29, 1.82) is 0 Å². The van der Waals surface area contributed by atoms with Crippen LogP contribution in [0.5, 0.6) is 0 Å². The molecule has 2 fully saturated rings. The second-order valence-corrected chi connectivity index (χ2v) is 9.83. The van der Waals surface area contributed by atoms with Crippen LogP contribution in [-0.4, -0.2) is 79.2 Å². The number of fused-ring (bicyclic) bond motifs is 1. The van der Waals surface area contributed by atoms with E-state index in [0.717, 1.165) is 5.56 Å². The van der Waals surface area contributed by atoms with Crippen LogP contribution in [0.15, 0.2) is 30.3 Å². The van der Waals surface area contributed by atoms with Gasteiger partial charge in [-0.3, -0.25) is 4.79 Å². The van der Waals surface area contributed by atoms with Gasteiger partial charge in [0.15, 0.2) is 0 Å². The number of rotatable bonds is 4. The molecule has 0 bridgehead atoms. The molecule has 0 radical (unpaired) electrons. The second kappa shape index (κ2) is 9.53. The number of carboxylic acid groups (broad SMARTS) is 2. The zero-order chi connectivity index (χ0) is 23.4. The summed E-state index contributed by atoms with van der Waals surface area (Å²) in [7, 11) is -1.54. The van der Waals surface area contributed by atoms with Crippen LogP contribution in [0.3, 0.4) is 0 Å². The lowest BCUT2D eigenvalue weighted by atomic mass is 9.75. The molecule has 1 aromatic rings. The highest BCUT2D eigenvalue weighted by molar-refractivity contribution is 7.88. The molecule has 0 amide bonds. The van der Waals surface area contributed by atoms with Crippen LogP contribution in [-0.2, 0) is 25.4 Å². The number of aliphatic carboxylic acids is 2. The number of carboxylic acids is 2. The number of likely N-dealkylation sites (tertiary alicyclic amines) is 1. The van der Waals surface area contributed by atoms with E-state index in [1.807, 2.05) is 30.1 Å². The van der Waals surface area contributed by atoms with E-state index < -0.39 is 33.6 Å². The molecule has 8 nitrogen and oxygen atoms in total. The molecule has 2 aliphatic heterocycles. The first-order valence-corrected chi connectivity index (χ1v) is 11.1. The molecule has 0 aromatic heterocycles. The van der Waals surface area contributed by atoms with Crippen molar-refractivity contribution in [3.63, 3.8) is 0 Å². The third-order valence-corrected chi connectivity index (χ3v) is 7.39. The molecule has 0 spiro atoms. The average molecular weight is 466 g/mol. The second-order valence-electron chi connectivity index (χ2n) is 7.86. The summed E-state index contributed by atoms with van der Waals surface area (Å²) in [6, 6.07) is 9.13. The van der Waals surface area contributed by atoms with Gasteiger partial charge in [-0.1, -0.05) is 30.3 Å². The summed E-state index contributed by atoms with van der Waals surface area (Å²) in [5.74, 6) is -3.74. The van der Waals surface area contributed by atoms with Crippen molar-refractivity contribution in [1.82, 2.24) is 9.21 Å². The summed E-state index contributed by atoms with van der Waals surface area (Å²) in [4.78, 5) is 22.8. The molecule has 1 aromatic carbocycles. The molecule has 2 atom stereocenters. The third-order valence-electron chi connectivity index (χ3n) is 5.57. The molecule has 2 aliphatic rings. The highest BCUT2D eigenvalue weighted by Gasteiger charge is 2.53. The van der Waals surface area contributed by atoms with Gasteiger partial charge in [0.1, 0.15) is 0 Å². The number of nitrogens with zero attached hydrogens (tertiary/aromatic N) is 2.